The first-order valence-electron chi connectivity index (χ1n) is 8.37. The average molecular weight is 386 g/mol. The number of nitrogens with one attached hydrogen (secondary N) is 2. The number of urea groups is 1. The Labute approximate surface area is 162 Å². The zero-order valence-electron chi connectivity index (χ0n) is 15.4. The fourth-order valence-electron chi connectivity index (χ4n) is 2.40. The molecule has 2 rings (SSSR count). The van der Waals surface area contributed by atoms with Gasteiger partial charge in [-0.3, -0.25) is 14.9 Å². The standard InChI is InChI=1S/C20H22N2O4S/c1-13-9-10-16(14(2)11-13)27-12-17(23)26-18(15-7-5-4-6-8-15)19(24)22-20(25)21-3/h4-11,18H,12H2,1-3H3,(H2,21,22,24,25)/t18-/m1/s1. The van der Waals surface area contributed by atoms with Gasteiger partial charge in [-0.25, -0.2) is 4.79 Å². The molecule has 0 aromatic heterocycles. The molecule has 0 radical (unpaired) electrons. The molecule has 0 spiro atoms. The molecule has 1 atom stereocenters. The summed E-state index contributed by atoms with van der Waals surface area (Å²) in [5.74, 6) is -1.19. The highest BCUT2D eigenvalue weighted by atomic mass is 32.2. The monoisotopic (exact) mass is 386 g/mol. The third-order valence-corrected chi connectivity index (χ3v) is 4.88. The van der Waals surface area contributed by atoms with Gasteiger partial charge in [-0.2, -0.15) is 0 Å². The molecule has 0 unspecified atom stereocenters. The number of aryl methyl sites for hydroxylation is 2. The molecule has 3 amide bonds. The predicted molar refractivity (Wildman–Crippen MR) is 105 cm³/mol. The molecule has 2 aromatic carbocycles. The number of imide groups is 1. The van der Waals surface area contributed by atoms with Crippen molar-refractivity contribution in [2.24, 2.45) is 0 Å². The fourth-order valence-corrected chi connectivity index (χ4v) is 3.20. The molecule has 0 aliphatic carbocycles. The summed E-state index contributed by atoms with van der Waals surface area (Å²) in [7, 11) is 1.40. The number of rotatable bonds is 6. The van der Waals surface area contributed by atoms with Crippen LogP contribution in [-0.4, -0.2) is 30.7 Å². The van der Waals surface area contributed by atoms with E-state index in [1.165, 1.54) is 18.8 Å². The van der Waals surface area contributed by atoms with Crippen LogP contribution in [0.5, 0.6) is 0 Å². The van der Waals surface area contributed by atoms with Crippen molar-refractivity contribution in [1.82, 2.24) is 10.6 Å². The summed E-state index contributed by atoms with van der Waals surface area (Å²) in [6.45, 7) is 3.98. The first kappa shape index (κ1) is 20.5. The normalized spacial score (nSPS) is 11.4. The third kappa shape index (κ3) is 6.14. The minimum absolute atomic E-state index is 0.0560. The summed E-state index contributed by atoms with van der Waals surface area (Å²) in [5.41, 5.74) is 2.71. The second-order valence-corrected chi connectivity index (χ2v) is 6.92. The zero-order valence-corrected chi connectivity index (χ0v) is 16.3. The van der Waals surface area contributed by atoms with E-state index in [2.05, 4.69) is 10.6 Å². The van der Waals surface area contributed by atoms with Gasteiger partial charge in [-0.05, 0) is 25.5 Å². The number of hydrogen-bond acceptors (Lipinski definition) is 5. The Balaban J connectivity index is 2.06. The van der Waals surface area contributed by atoms with Crippen molar-refractivity contribution in [3.63, 3.8) is 0 Å². The van der Waals surface area contributed by atoms with Crippen LogP contribution >= 0.6 is 11.8 Å². The minimum atomic E-state index is -1.20. The van der Waals surface area contributed by atoms with Crippen molar-refractivity contribution in [2.75, 3.05) is 12.8 Å². The summed E-state index contributed by atoms with van der Waals surface area (Å²) in [5, 5.41) is 4.45. The van der Waals surface area contributed by atoms with Gasteiger partial charge in [0.1, 0.15) is 0 Å². The summed E-state index contributed by atoms with van der Waals surface area (Å²) < 4.78 is 5.38. The van der Waals surface area contributed by atoms with E-state index in [0.29, 0.717) is 5.56 Å². The molecule has 0 fully saturated rings. The van der Waals surface area contributed by atoms with Gasteiger partial charge < -0.3 is 10.1 Å². The Kier molecular flexibility index (Phi) is 7.43. The van der Waals surface area contributed by atoms with Crippen molar-refractivity contribution in [2.45, 2.75) is 24.8 Å². The number of carbonyl (C=O) groups is 3. The van der Waals surface area contributed by atoms with Crippen molar-refractivity contribution >= 4 is 29.7 Å². The maximum atomic E-state index is 12.4. The lowest BCUT2D eigenvalue weighted by molar-refractivity contribution is -0.153. The molecule has 2 aromatic rings. The first-order valence-corrected chi connectivity index (χ1v) is 9.36. The fraction of sp³-hybridized carbons (Fsp3) is 0.250. The van der Waals surface area contributed by atoms with Crippen LogP contribution < -0.4 is 10.6 Å². The largest absolute Gasteiger partial charge is 0.447 e. The van der Waals surface area contributed by atoms with Crippen molar-refractivity contribution < 1.29 is 19.1 Å². The van der Waals surface area contributed by atoms with Gasteiger partial charge in [0.05, 0.1) is 5.75 Å². The summed E-state index contributed by atoms with van der Waals surface area (Å²) >= 11 is 1.35. The molecule has 142 valence electrons. The molecule has 6 nitrogen and oxygen atoms in total. The highest BCUT2D eigenvalue weighted by Crippen LogP contribution is 2.25. The lowest BCUT2D eigenvalue weighted by Gasteiger charge is -2.17. The van der Waals surface area contributed by atoms with E-state index in [1.807, 2.05) is 32.0 Å². The zero-order chi connectivity index (χ0) is 19.8. The molecule has 2 N–H and O–H groups in total. The van der Waals surface area contributed by atoms with Gasteiger partial charge in [0.25, 0.3) is 5.91 Å². The number of thioether (sulfide) groups is 1. The van der Waals surface area contributed by atoms with Crippen molar-refractivity contribution in [3.8, 4) is 0 Å². The van der Waals surface area contributed by atoms with E-state index < -0.39 is 24.0 Å². The Hall–Kier alpha value is -2.80. The second kappa shape index (κ2) is 9.78. The van der Waals surface area contributed by atoms with Crippen LogP contribution in [0.4, 0.5) is 4.79 Å². The first-order chi connectivity index (χ1) is 12.9. The minimum Gasteiger partial charge on any atom is -0.447 e. The molecule has 0 bridgehead atoms. The molecule has 0 saturated carbocycles. The van der Waals surface area contributed by atoms with Gasteiger partial charge in [0, 0.05) is 17.5 Å². The van der Waals surface area contributed by atoms with E-state index in [0.717, 1.165) is 16.0 Å². The summed E-state index contributed by atoms with van der Waals surface area (Å²) in [6, 6.07) is 13.9. The smallest absolute Gasteiger partial charge is 0.321 e. The summed E-state index contributed by atoms with van der Waals surface area (Å²) in [6.07, 6.45) is -1.20. The number of benzene rings is 2. The molecular formula is C20H22N2O4S. The van der Waals surface area contributed by atoms with Crippen LogP contribution in [0.3, 0.4) is 0 Å². The molecule has 0 aliphatic heterocycles. The number of amides is 3. The number of esters is 1. The Morgan fingerprint density at radius 1 is 1.07 bits per heavy atom. The lowest BCUT2D eigenvalue weighted by atomic mass is 10.1. The molecule has 7 heteroatoms. The number of hydrogen-bond donors (Lipinski definition) is 2. The number of carbonyl (C=O) groups excluding carboxylic acids is 3. The van der Waals surface area contributed by atoms with Crippen LogP contribution in [0.15, 0.2) is 53.4 Å². The van der Waals surface area contributed by atoms with E-state index in [1.54, 1.807) is 30.3 Å². The third-order valence-electron chi connectivity index (χ3n) is 3.73. The summed E-state index contributed by atoms with van der Waals surface area (Å²) in [4.78, 5) is 37.1. The molecule has 27 heavy (non-hydrogen) atoms. The SMILES string of the molecule is CNC(=O)NC(=O)[C@H](OC(=O)CSc1ccc(C)cc1C)c1ccccc1. The Morgan fingerprint density at radius 2 is 1.78 bits per heavy atom. The van der Waals surface area contributed by atoms with E-state index >= 15 is 0 Å². The van der Waals surface area contributed by atoms with Gasteiger partial charge >= 0.3 is 12.0 Å². The van der Waals surface area contributed by atoms with Gasteiger partial charge in [-0.15, -0.1) is 11.8 Å². The van der Waals surface area contributed by atoms with E-state index in [-0.39, 0.29) is 5.75 Å². The Morgan fingerprint density at radius 3 is 2.41 bits per heavy atom. The van der Waals surface area contributed by atoms with Crippen molar-refractivity contribution in [1.29, 1.82) is 0 Å². The van der Waals surface area contributed by atoms with Gasteiger partial charge in [-0.1, -0.05) is 48.0 Å². The molecule has 0 heterocycles. The van der Waals surface area contributed by atoms with E-state index in [9.17, 15) is 14.4 Å². The number of ether oxygens (including phenoxy) is 1. The Bertz CT molecular complexity index is 824. The maximum Gasteiger partial charge on any atom is 0.321 e. The van der Waals surface area contributed by atoms with Crippen molar-refractivity contribution in [3.05, 3.63) is 65.2 Å². The average Bonchev–Trinajstić information content (AvgIpc) is 2.65. The van der Waals surface area contributed by atoms with E-state index in [4.69, 9.17) is 4.74 Å². The topological polar surface area (TPSA) is 84.5 Å². The maximum absolute atomic E-state index is 12.4. The van der Waals surface area contributed by atoms with Gasteiger partial charge in [0.15, 0.2) is 0 Å². The van der Waals surface area contributed by atoms with Crippen LogP contribution in [-0.2, 0) is 14.3 Å². The highest BCUT2D eigenvalue weighted by molar-refractivity contribution is 8.00. The second-order valence-electron chi connectivity index (χ2n) is 5.91. The quantitative estimate of drug-likeness (QED) is 0.589. The van der Waals surface area contributed by atoms with Crippen LogP contribution in [0, 0.1) is 13.8 Å². The van der Waals surface area contributed by atoms with Gasteiger partial charge in [0.2, 0.25) is 6.10 Å². The molecular weight excluding hydrogens is 364 g/mol. The predicted octanol–water partition coefficient (Wildman–Crippen LogP) is 3.14. The van der Waals surface area contributed by atoms with Crippen LogP contribution in [0.2, 0.25) is 0 Å². The van der Waals surface area contributed by atoms with Crippen LogP contribution in [0.1, 0.15) is 22.8 Å². The molecule has 0 aliphatic rings. The molecule has 0 saturated heterocycles. The van der Waals surface area contributed by atoms with Crippen LogP contribution in [0.25, 0.3) is 0 Å². The lowest BCUT2D eigenvalue weighted by Crippen LogP contribution is -2.41. The highest BCUT2D eigenvalue weighted by Gasteiger charge is 2.26.